The Labute approximate surface area is 214 Å². The zero-order chi connectivity index (χ0) is 26.5. The molecule has 1 aliphatic rings. The number of carbonyl (C=O) groups is 4. The van der Waals surface area contributed by atoms with Gasteiger partial charge in [-0.2, -0.15) is 0 Å². The lowest BCUT2D eigenvalue weighted by molar-refractivity contribution is -0.161. The van der Waals surface area contributed by atoms with Crippen LogP contribution in [0.5, 0.6) is 0 Å². The predicted octanol–water partition coefficient (Wildman–Crippen LogP) is 3.64. The predicted molar refractivity (Wildman–Crippen MR) is 137 cm³/mol. The fourth-order valence-electron chi connectivity index (χ4n) is 3.81. The van der Waals surface area contributed by atoms with Crippen molar-refractivity contribution in [2.45, 2.75) is 50.0 Å². The molecule has 1 fully saturated rings. The van der Waals surface area contributed by atoms with Crippen LogP contribution in [0.2, 0.25) is 0 Å². The van der Waals surface area contributed by atoms with Crippen molar-refractivity contribution in [3.8, 4) is 0 Å². The average molecular weight is 514 g/mol. The zero-order valence-corrected chi connectivity index (χ0v) is 21.8. The number of anilines is 1. The maximum atomic E-state index is 13.5. The van der Waals surface area contributed by atoms with Crippen LogP contribution in [0.4, 0.5) is 10.5 Å². The molecule has 9 nitrogen and oxygen atoms in total. The second-order valence-corrected chi connectivity index (χ2v) is 10.5. The Morgan fingerprint density at radius 1 is 1.00 bits per heavy atom. The molecule has 10 heteroatoms. The Morgan fingerprint density at radius 3 is 2.31 bits per heavy atom. The van der Waals surface area contributed by atoms with Gasteiger partial charge in [-0.1, -0.05) is 42.5 Å². The van der Waals surface area contributed by atoms with Gasteiger partial charge in [-0.15, -0.1) is 11.8 Å². The summed E-state index contributed by atoms with van der Waals surface area (Å²) in [6.45, 7) is 6.67. The molecule has 0 aliphatic carbocycles. The van der Waals surface area contributed by atoms with E-state index < -0.39 is 52.7 Å². The Balaban J connectivity index is 1.86. The van der Waals surface area contributed by atoms with Crippen molar-refractivity contribution in [1.82, 2.24) is 10.2 Å². The zero-order valence-electron chi connectivity index (χ0n) is 20.9. The van der Waals surface area contributed by atoms with E-state index in [9.17, 15) is 19.2 Å². The molecule has 0 saturated carbocycles. The lowest BCUT2D eigenvalue weighted by Crippen LogP contribution is -2.48. The fourth-order valence-corrected chi connectivity index (χ4v) is 5.27. The monoisotopic (exact) mass is 513 g/mol. The number of benzene rings is 2. The molecule has 3 atom stereocenters. The first-order valence-corrected chi connectivity index (χ1v) is 12.4. The number of rotatable bonds is 6. The molecule has 0 spiro atoms. The first kappa shape index (κ1) is 27.1. The van der Waals surface area contributed by atoms with E-state index in [4.69, 9.17) is 9.47 Å². The molecule has 1 aliphatic heterocycles. The van der Waals surface area contributed by atoms with Gasteiger partial charge in [-0.25, -0.2) is 9.59 Å². The van der Waals surface area contributed by atoms with Gasteiger partial charge in [0.15, 0.2) is 5.37 Å². The first-order valence-electron chi connectivity index (χ1n) is 11.4. The third-order valence-corrected chi connectivity index (χ3v) is 6.68. The van der Waals surface area contributed by atoms with Gasteiger partial charge < -0.3 is 25.0 Å². The summed E-state index contributed by atoms with van der Waals surface area (Å²) in [6, 6.07) is 14.8. The second kappa shape index (κ2) is 11.5. The number of hydrogen-bond acceptors (Lipinski definition) is 7. The highest BCUT2D eigenvalue weighted by molar-refractivity contribution is 8.02. The van der Waals surface area contributed by atoms with E-state index in [0.717, 1.165) is 17.3 Å². The van der Waals surface area contributed by atoms with E-state index in [1.54, 1.807) is 63.2 Å². The van der Waals surface area contributed by atoms with E-state index >= 15 is 0 Å². The van der Waals surface area contributed by atoms with Crippen molar-refractivity contribution in [2.75, 3.05) is 19.0 Å². The number of nitrogens with zero attached hydrogens (tertiary/aromatic N) is 1. The van der Waals surface area contributed by atoms with Gasteiger partial charge in [0.25, 0.3) is 0 Å². The average Bonchev–Trinajstić information content (AvgIpc) is 3.22. The number of aryl methyl sites for hydroxylation is 1. The van der Waals surface area contributed by atoms with Gasteiger partial charge in [0.1, 0.15) is 10.9 Å². The molecule has 0 unspecified atom stereocenters. The maximum Gasteiger partial charge on any atom is 0.340 e. The number of urea groups is 1. The van der Waals surface area contributed by atoms with Crippen LogP contribution < -0.4 is 10.6 Å². The largest absolute Gasteiger partial charge is 0.468 e. The highest BCUT2D eigenvalue weighted by atomic mass is 32.2. The molecule has 2 aromatic rings. The van der Waals surface area contributed by atoms with E-state index in [0.29, 0.717) is 11.3 Å². The number of esters is 2. The summed E-state index contributed by atoms with van der Waals surface area (Å²) in [7, 11) is 1.26. The summed E-state index contributed by atoms with van der Waals surface area (Å²) in [5.41, 5.74) is 1.40. The van der Waals surface area contributed by atoms with Crippen molar-refractivity contribution in [3.05, 3.63) is 65.7 Å². The van der Waals surface area contributed by atoms with Crippen LogP contribution in [-0.4, -0.2) is 58.7 Å². The quantitative estimate of drug-likeness (QED) is 0.567. The highest BCUT2D eigenvalue weighted by Gasteiger charge is 2.52. The second-order valence-electron chi connectivity index (χ2n) is 9.30. The summed E-state index contributed by atoms with van der Waals surface area (Å²) in [4.78, 5) is 53.1. The van der Waals surface area contributed by atoms with Gasteiger partial charge in [-0.05, 0) is 51.0 Å². The number of ether oxygens (including phenoxy) is 2. The number of methoxy groups -OCH3 is 1. The molecule has 0 radical (unpaired) electrons. The summed E-state index contributed by atoms with van der Waals surface area (Å²) in [5.74, 6) is -1.77. The fraction of sp³-hybridized carbons (Fsp3) is 0.385. The van der Waals surface area contributed by atoms with Crippen LogP contribution >= 0.6 is 11.8 Å². The van der Waals surface area contributed by atoms with Crippen molar-refractivity contribution in [3.63, 3.8) is 0 Å². The molecule has 1 heterocycles. The van der Waals surface area contributed by atoms with Gasteiger partial charge >= 0.3 is 18.0 Å². The molecule has 0 aromatic heterocycles. The minimum Gasteiger partial charge on any atom is -0.468 e. The molecule has 0 bridgehead atoms. The molecule has 2 aromatic carbocycles. The van der Waals surface area contributed by atoms with Crippen molar-refractivity contribution < 1.29 is 28.7 Å². The molecule has 2 N–H and O–H groups in total. The van der Waals surface area contributed by atoms with Crippen LogP contribution in [0, 0.1) is 6.92 Å². The number of hydrogen-bond donors (Lipinski definition) is 2. The lowest BCUT2D eigenvalue weighted by atomic mass is 10.0. The van der Waals surface area contributed by atoms with E-state index in [1.807, 2.05) is 19.1 Å². The minimum absolute atomic E-state index is 0.394. The van der Waals surface area contributed by atoms with Gasteiger partial charge in [0, 0.05) is 5.69 Å². The number of nitrogens with one attached hydrogen (secondary N) is 2. The van der Waals surface area contributed by atoms with Gasteiger partial charge in [-0.3, -0.25) is 9.59 Å². The summed E-state index contributed by atoms with van der Waals surface area (Å²) < 4.78 is 10.5. The van der Waals surface area contributed by atoms with Crippen molar-refractivity contribution in [1.29, 1.82) is 0 Å². The van der Waals surface area contributed by atoms with Crippen LogP contribution in [0.3, 0.4) is 0 Å². The molecule has 36 heavy (non-hydrogen) atoms. The first-order chi connectivity index (χ1) is 17.0. The summed E-state index contributed by atoms with van der Waals surface area (Å²) >= 11 is 0.998. The third-order valence-electron chi connectivity index (χ3n) is 5.26. The topological polar surface area (TPSA) is 114 Å². The Bertz CT molecular complexity index is 1120. The smallest absolute Gasteiger partial charge is 0.340 e. The Morgan fingerprint density at radius 2 is 1.69 bits per heavy atom. The third kappa shape index (κ3) is 6.78. The standard InChI is InChI=1S/C26H31N3O6S/c1-16-10-9-13-18(14-16)28-25(33)27-15-19(30)29-20(17-11-7-6-8-12-17)21(23(31)34-5)36-22(29)24(32)35-26(2,3)4/h6-14,20-22H,15H2,1-5H3,(H2,27,28,33)/t20-,21+,22-/m0/s1. The molecule has 3 rings (SSSR count). The minimum atomic E-state index is -1.10. The van der Waals surface area contributed by atoms with Crippen LogP contribution in [-0.2, 0) is 23.9 Å². The summed E-state index contributed by atoms with van der Waals surface area (Å²) in [5, 5.41) is 3.26. The van der Waals surface area contributed by atoms with Crippen LogP contribution in [0.15, 0.2) is 54.6 Å². The maximum absolute atomic E-state index is 13.5. The van der Waals surface area contributed by atoms with Crippen LogP contribution in [0.25, 0.3) is 0 Å². The van der Waals surface area contributed by atoms with Gasteiger partial charge in [0.2, 0.25) is 5.91 Å². The molecule has 1 saturated heterocycles. The van der Waals surface area contributed by atoms with E-state index in [2.05, 4.69) is 10.6 Å². The molecular weight excluding hydrogens is 482 g/mol. The molecular formula is C26H31N3O6S. The van der Waals surface area contributed by atoms with E-state index in [-0.39, 0.29) is 0 Å². The molecule has 3 amide bonds. The highest BCUT2D eigenvalue weighted by Crippen LogP contribution is 2.46. The van der Waals surface area contributed by atoms with Crippen LogP contribution in [0.1, 0.15) is 37.9 Å². The lowest BCUT2D eigenvalue weighted by Gasteiger charge is -2.31. The Kier molecular flexibility index (Phi) is 8.62. The number of thioether (sulfide) groups is 1. The van der Waals surface area contributed by atoms with Crippen molar-refractivity contribution >= 4 is 41.3 Å². The number of carbonyl (C=O) groups excluding carboxylic acids is 4. The normalized spacial score (nSPS) is 19.4. The molecule has 192 valence electrons. The number of amides is 3. The van der Waals surface area contributed by atoms with E-state index in [1.165, 1.54) is 12.0 Å². The van der Waals surface area contributed by atoms with Crippen molar-refractivity contribution in [2.24, 2.45) is 0 Å². The summed E-state index contributed by atoms with van der Waals surface area (Å²) in [6.07, 6.45) is 0. The SMILES string of the molecule is COC(=O)[C@@H]1S[C@@H](C(=O)OC(C)(C)C)N(C(=O)CNC(=O)Nc2cccc(C)c2)[C@H]1c1ccccc1. The Hall–Kier alpha value is -3.53. The van der Waals surface area contributed by atoms with Gasteiger partial charge in [0.05, 0.1) is 19.7 Å².